The molecule has 1 aromatic carbocycles. The first-order valence-corrected chi connectivity index (χ1v) is 5.49. The maximum atomic E-state index is 13.9. The topological polar surface area (TPSA) is 40.5 Å². The molecule has 0 spiro atoms. The van der Waals surface area contributed by atoms with E-state index >= 15 is 0 Å². The molecule has 1 unspecified atom stereocenters. The van der Waals surface area contributed by atoms with Crippen molar-refractivity contribution in [2.45, 2.75) is 25.9 Å². The number of carboxylic acid groups (broad SMARTS) is 1. The van der Waals surface area contributed by atoms with Crippen molar-refractivity contribution in [2.24, 2.45) is 0 Å². The Hall–Kier alpha value is -1.58. The van der Waals surface area contributed by atoms with Crippen LogP contribution in [0.2, 0.25) is 0 Å². The maximum absolute atomic E-state index is 13.9. The number of aryl methyl sites for hydroxylation is 1. The Morgan fingerprint density at radius 1 is 1.41 bits per heavy atom. The average Bonchev–Trinajstić information content (AvgIpc) is 2.15. The molecule has 3 nitrogen and oxygen atoms in total. The maximum Gasteiger partial charge on any atom is 0.306 e. The zero-order valence-corrected chi connectivity index (χ0v) is 10.4. The van der Waals surface area contributed by atoms with Gasteiger partial charge in [0.25, 0.3) is 0 Å². The number of halogens is 1. The Bertz CT molecular complexity index is 387. The normalized spacial score (nSPS) is 14.1. The van der Waals surface area contributed by atoms with Gasteiger partial charge in [-0.05, 0) is 26.0 Å². The molecule has 4 heteroatoms. The number of anilines is 1. The summed E-state index contributed by atoms with van der Waals surface area (Å²) in [4.78, 5) is 12.2. The van der Waals surface area contributed by atoms with Gasteiger partial charge in [0.15, 0.2) is 0 Å². The van der Waals surface area contributed by atoms with Gasteiger partial charge in [-0.25, -0.2) is 4.39 Å². The molecule has 0 heterocycles. The molecule has 1 atom stereocenters. The van der Waals surface area contributed by atoms with Gasteiger partial charge in [0.2, 0.25) is 0 Å². The Labute approximate surface area is 101 Å². The first-order valence-electron chi connectivity index (χ1n) is 5.49. The lowest BCUT2D eigenvalue weighted by Gasteiger charge is -2.27. The third kappa shape index (κ3) is 4.43. The number of nitrogens with zero attached hydrogens (tertiary/aromatic N) is 1. The second kappa shape index (κ2) is 5.17. The van der Waals surface area contributed by atoms with Crippen molar-refractivity contribution >= 4 is 11.7 Å². The largest absolute Gasteiger partial charge is 0.481 e. The molecule has 1 N–H and O–H groups in total. The number of aliphatic carboxylic acids is 1. The molecule has 1 aromatic rings. The summed E-state index contributed by atoms with van der Waals surface area (Å²) in [6, 6.07) is 7.68. The van der Waals surface area contributed by atoms with E-state index in [1.54, 1.807) is 11.9 Å². The molecule has 0 saturated heterocycles. The number of alkyl halides is 1. The lowest BCUT2D eigenvalue weighted by Crippen LogP contribution is -2.37. The van der Waals surface area contributed by atoms with Gasteiger partial charge in [-0.3, -0.25) is 4.79 Å². The molecule has 1 rings (SSSR count). The van der Waals surface area contributed by atoms with Gasteiger partial charge in [0.1, 0.15) is 5.67 Å². The summed E-state index contributed by atoms with van der Waals surface area (Å²) in [6.45, 7) is 3.35. The van der Waals surface area contributed by atoms with Crippen LogP contribution in [0, 0.1) is 6.92 Å². The standard InChI is InChI=1S/C13H18FNO2/c1-10-4-6-11(7-5-10)15(3)9-13(2,14)8-12(16)17/h4-7H,8-9H2,1-3H3,(H,16,17). The Morgan fingerprint density at radius 2 is 1.94 bits per heavy atom. The quantitative estimate of drug-likeness (QED) is 0.858. The van der Waals surface area contributed by atoms with E-state index in [0.717, 1.165) is 11.3 Å². The summed E-state index contributed by atoms with van der Waals surface area (Å²) in [5.41, 5.74) is 0.284. The van der Waals surface area contributed by atoms with Crippen molar-refractivity contribution in [3.8, 4) is 0 Å². The summed E-state index contributed by atoms with van der Waals surface area (Å²) in [7, 11) is 1.75. The van der Waals surface area contributed by atoms with Gasteiger partial charge in [0.05, 0.1) is 13.0 Å². The van der Waals surface area contributed by atoms with Crippen LogP contribution in [0.15, 0.2) is 24.3 Å². The fourth-order valence-corrected chi connectivity index (χ4v) is 1.76. The Balaban J connectivity index is 2.68. The SMILES string of the molecule is Cc1ccc(N(C)CC(C)(F)CC(=O)O)cc1. The van der Waals surface area contributed by atoms with Gasteiger partial charge in [-0.15, -0.1) is 0 Å². The van der Waals surface area contributed by atoms with Gasteiger partial charge in [0, 0.05) is 12.7 Å². The zero-order valence-electron chi connectivity index (χ0n) is 10.4. The van der Waals surface area contributed by atoms with Crippen molar-refractivity contribution in [2.75, 3.05) is 18.5 Å². The third-order valence-corrected chi connectivity index (χ3v) is 2.56. The molecule has 0 aromatic heterocycles. The molecule has 0 radical (unpaired) electrons. The fraction of sp³-hybridized carbons (Fsp3) is 0.462. The molecule has 94 valence electrons. The summed E-state index contributed by atoms with van der Waals surface area (Å²) < 4.78 is 13.9. The number of hydrogen-bond acceptors (Lipinski definition) is 2. The highest BCUT2D eigenvalue weighted by Gasteiger charge is 2.28. The van der Waals surface area contributed by atoms with E-state index in [4.69, 9.17) is 5.11 Å². The minimum atomic E-state index is -1.73. The van der Waals surface area contributed by atoms with Crippen molar-refractivity contribution in [1.29, 1.82) is 0 Å². The van der Waals surface area contributed by atoms with Crippen molar-refractivity contribution in [1.82, 2.24) is 0 Å². The molecule has 17 heavy (non-hydrogen) atoms. The fourth-order valence-electron chi connectivity index (χ4n) is 1.76. The average molecular weight is 239 g/mol. The monoisotopic (exact) mass is 239 g/mol. The van der Waals surface area contributed by atoms with Gasteiger partial charge in [-0.1, -0.05) is 17.7 Å². The van der Waals surface area contributed by atoms with Crippen LogP contribution in [0.25, 0.3) is 0 Å². The first kappa shape index (κ1) is 13.5. The number of benzene rings is 1. The van der Waals surface area contributed by atoms with Crippen LogP contribution in [0.4, 0.5) is 10.1 Å². The van der Waals surface area contributed by atoms with E-state index in [1.807, 2.05) is 31.2 Å². The summed E-state index contributed by atoms with van der Waals surface area (Å²) in [6.07, 6.45) is -0.483. The predicted octanol–water partition coefficient (Wildman–Crippen LogP) is 2.63. The van der Waals surface area contributed by atoms with Crippen LogP contribution in [-0.4, -0.2) is 30.3 Å². The van der Waals surface area contributed by atoms with Crippen molar-refractivity contribution < 1.29 is 14.3 Å². The number of carbonyl (C=O) groups is 1. The molecule has 0 aliphatic carbocycles. The van der Waals surface area contributed by atoms with E-state index in [1.165, 1.54) is 6.92 Å². The predicted molar refractivity (Wildman–Crippen MR) is 66.2 cm³/mol. The molecule has 0 amide bonds. The highest BCUT2D eigenvalue weighted by molar-refractivity contribution is 5.68. The Kier molecular flexibility index (Phi) is 4.10. The summed E-state index contributed by atoms with van der Waals surface area (Å²) in [5.74, 6) is -1.12. The lowest BCUT2D eigenvalue weighted by atomic mass is 10.0. The van der Waals surface area contributed by atoms with Gasteiger partial charge < -0.3 is 10.0 Å². The smallest absolute Gasteiger partial charge is 0.306 e. The molecular weight excluding hydrogens is 221 g/mol. The van der Waals surface area contributed by atoms with E-state index in [2.05, 4.69) is 0 Å². The number of hydrogen-bond donors (Lipinski definition) is 1. The number of carboxylic acids is 1. The zero-order chi connectivity index (χ0) is 13.1. The van der Waals surface area contributed by atoms with Crippen molar-refractivity contribution in [3.63, 3.8) is 0 Å². The summed E-state index contributed by atoms with van der Waals surface area (Å²) in [5, 5.41) is 8.61. The van der Waals surface area contributed by atoms with Gasteiger partial charge >= 0.3 is 5.97 Å². The molecular formula is C13H18FNO2. The third-order valence-electron chi connectivity index (χ3n) is 2.56. The van der Waals surface area contributed by atoms with Crippen molar-refractivity contribution in [3.05, 3.63) is 29.8 Å². The van der Waals surface area contributed by atoms with E-state index < -0.39 is 18.1 Å². The molecule has 0 bridgehead atoms. The van der Waals surface area contributed by atoms with E-state index in [-0.39, 0.29) is 6.54 Å². The molecule has 0 aliphatic heterocycles. The molecule has 0 fully saturated rings. The van der Waals surface area contributed by atoms with E-state index in [0.29, 0.717) is 0 Å². The first-order chi connectivity index (χ1) is 7.80. The van der Waals surface area contributed by atoms with Crippen LogP contribution >= 0.6 is 0 Å². The molecule has 0 aliphatic rings. The van der Waals surface area contributed by atoms with Crippen LogP contribution in [0.5, 0.6) is 0 Å². The van der Waals surface area contributed by atoms with Crippen LogP contribution in [0.3, 0.4) is 0 Å². The minimum absolute atomic E-state index is 0.0579. The minimum Gasteiger partial charge on any atom is -0.481 e. The van der Waals surface area contributed by atoms with Crippen LogP contribution in [-0.2, 0) is 4.79 Å². The molecule has 0 saturated carbocycles. The second-order valence-electron chi connectivity index (χ2n) is 4.68. The highest BCUT2D eigenvalue weighted by atomic mass is 19.1. The highest BCUT2D eigenvalue weighted by Crippen LogP contribution is 2.21. The van der Waals surface area contributed by atoms with Gasteiger partial charge in [-0.2, -0.15) is 0 Å². The van der Waals surface area contributed by atoms with E-state index in [9.17, 15) is 9.18 Å². The summed E-state index contributed by atoms with van der Waals surface area (Å²) >= 11 is 0. The lowest BCUT2D eigenvalue weighted by molar-refractivity contribution is -0.139. The number of rotatable bonds is 5. The Morgan fingerprint density at radius 3 is 2.41 bits per heavy atom. The van der Waals surface area contributed by atoms with Crippen LogP contribution in [0.1, 0.15) is 18.9 Å². The van der Waals surface area contributed by atoms with Crippen LogP contribution < -0.4 is 4.90 Å². The second-order valence-corrected chi connectivity index (χ2v) is 4.68.